The molecule has 7 rings (SSSR count). The molecule has 2 fully saturated rings. The van der Waals surface area contributed by atoms with Gasteiger partial charge in [-0.25, -0.2) is 18.2 Å². The molecule has 1 aliphatic heterocycles. The van der Waals surface area contributed by atoms with Crippen LogP contribution in [0.5, 0.6) is 11.5 Å². The average Bonchev–Trinajstić information content (AvgIpc) is 3.98. The first-order valence-corrected chi connectivity index (χ1v) is 15.1. The van der Waals surface area contributed by atoms with Gasteiger partial charge in [0.25, 0.3) is 5.91 Å². The fourth-order valence-electron chi connectivity index (χ4n) is 6.08. The number of carbonyl (C=O) groups is 2. The van der Waals surface area contributed by atoms with Crippen molar-refractivity contribution in [3.05, 3.63) is 69.8 Å². The second-order valence-electron chi connectivity index (χ2n) is 12.4. The van der Waals surface area contributed by atoms with E-state index in [2.05, 4.69) is 15.4 Å². The maximum atomic E-state index is 16.6. The van der Waals surface area contributed by atoms with Crippen LogP contribution in [0, 0.1) is 23.4 Å². The van der Waals surface area contributed by atoms with Crippen molar-refractivity contribution in [1.82, 2.24) is 20.1 Å². The third kappa shape index (κ3) is 4.66. The maximum Gasteiger partial charge on any atom is 0.251 e. The first kappa shape index (κ1) is 30.3. The summed E-state index contributed by atoms with van der Waals surface area (Å²) >= 11 is 5.85. The number of fused-ring (bicyclic) bond motifs is 2. The van der Waals surface area contributed by atoms with Crippen molar-refractivity contribution in [3.8, 4) is 22.8 Å². The van der Waals surface area contributed by atoms with Gasteiger partial charge in [0.05, 0.1) is 25.3 Å². The molecule has 46 heavy (non-hydrogen) atoms. The largest absolute Gasteiger partial charge is 0.494 e. The predicted octanol–water partition coefficient (Wildman–Crippen LogP) is 4.68. The van der Waals surface area contributed by atoms with Crippen LogP contribution in [0.15, 0.2) is 30.5 Å². The Morgan fingerprint density at radius 1 is 1.22 bits per heavy atom. The van der Waals surface area contributed by atoms with Gasteiger partial charge in [-0.15, -0.1) is 0 Å². The molecular formula is C32H29ClF3N5O5. The lowest BCUT2D eigenvalue weighted by molar-refractivity contribution is -0.123. The molecule has 4 aromatic rings. The Balaban J connectivity index is 1.30. The predicted molar refractivity (Wildman–Crippen MR) is 160 cm³/mol. The summed E-state index contributed by atoms with van der Waals surface area (Å²) in [7, 11) is 1.47. The average molecular weight is 656 g/mol. The number of nitrogens with two attached hydrogens (primary N) is 1. The van der Waals surface area contributed by atoms with E-state index in [-0.39, 0.29) is 34.7 Å². The number of primary amides is 1. The lowest BCUT2D eigenvalue weighted by Gasteiger charge is -2.30. The molecule has 2 aliphatic carbocycles. The Morgan fingerprint density at radius 3 is 2.61 bits per heavy atom. The Bertz CT molecular complexity index is 1960. The smallest absolute Gasteiger partial charge is 0.251 e. The minimum absolute atomic E-state index is 0.221. The van der Waals surface area contributed by atoms with Crippen LogP contribution in [0.2, 0.25) is 5.02 Å². The third-order valence-corrected chi connectivity index (χ3v) is 9.51. The van der Waals surface area contributed by atoms with Gasteiger partial charge < -0.3 is 25.6 Å². The number of amides is 2. The topological polar surface area (TPSA) is 142 Å². The molecule has 240 valence electrons. The van der Waals surface area contributed by atoms with E-state index >= 15 is 8.78 Å². The molecular weight excluding hydrogens is 627 g/mol. The van der Waals surface area contributed by atoms with Crippen molar-refractivity contribution in [2.45, 2.75) is 49.7 Å². The van der Waals surface area contributed by atoms with Gasteiger partial charge in [-0.05, 0) is 62.8 Å². The number of ether oxygens (including phenoxy) is 2. The maximum absolute atomic E-state index is 16.6. The summed E-state index contributed by atoms with van der Waals surface area (Å²) in [6, 6.07) is 5.45. The van der Waals surface area contributed by atoms with Gasteiger partial charge in [-0.2, -0.15) is 5.10 Å². The minimum atomic E-state index is -2.10. The molecule has 3 aliphatic rings. The van der Waals surface area contributed by atoms with Crippen LogP contribution >= 0.6 is 11.6 Å². The summed E-state index contributed by atoms with van der Waals surface area (Å²) in [6.45, 7) is 0.489. The fraction of sp³-hybridized carbons (Fsp3) is 0.375. The Hall–Kier alpha value is -4.36. The van der Waals surface area contributed by atoms with Crippen LogP contribution < -0.4 is 20.5 Å². The van der Waals surface area contributed by atoms with Gasteiger partial charge in [-0.3, -0.25) is 14.3 Å². The SMILES string of the molecule is COc1cc(C(=O)NCC(O)(c2nc(-c3ccc(F)c(Cl)c3F)c3c(c2F)[C@@](C)(C(N)=O)CO3)C2CC2)cc2cn(C3CC3)nc12. The molecule has 10 nitrogen and oxygen atoms in total. The number of aliphatic hydroxyl groups is 1. The van der Waals surface area contributed by atoms with E-state index in [1.807, 2.05) is 10.9 Å². The molecule has 14 heteroatoms. The van der Waals surface area contributed by atoms with Crippen LogP contribution in [0.4, 0.5) is 13.2 Å². The summed E-state index contributed by atoms with van der Waals surface area (Å²) in [5.41, 5.74) is 1.17. The highest BCUT2D eigenvalue weighted by molar-refractivity contribution is 6.31. The summed E-state index contributed by atoms with van der Waals surface area (Å²) in [6.07, 6.45) is 4.82. The zero-order chi connectivity index (χ0) is 32.7. The van der Waals surface area contributed by atoms with Gasteiger partial charge in [-0.1, -0.05) is 11.6 Å². The molecule has 0 radical (unpaired) electrons. The number of nitrogens with zero attached hydrogens (tertiary/aromatic N) is 3. The van der Waals surface area contributed by atoms with Gasteiger partial charge >= 0.3 is 0 Å². The van der Waals surface area contributed by atoms with Crippen LogP contribution in [0.25, 0.3) is 22.2 Å². The van der Waals surface area contributed by atoms with Gasteiger partial charge in [0.2, 0.25) is 5.91 Å². The second kappa shape index (κ2) is 10.6. The molecule has 3 heterocycles. The Morgan fingerprint density at radius 2 is 1.96 bits per heavy atom. The molecule has 2 atom stereocenters. The van der Waals surface area contributed by atoms with E-state index < -0.39 is 63.5 Å². The molecule has 2 saturated carbocycles. The number of hydrogen-bond acceptors (Lipinski definition) is 7. The van der Waals surface area contributed by atoms with E-state index in [1.165, 1.54) is 20.1 Å². The molecule has 0 bridgehead atoms. The number of carbonyl (C=O) groups excluding carboxylic acids is 2. The number of hydrogen-bond donors (Lipinski definition) is 3. The third-order valence-electron chi connectivity index (χ3n) is 9.16. The zero-order valence-corrected chi connectivity index (χ0v) is 25.6. The molecule has 2 aromatic heterocycles. The van der Waals surface area contributed by atoms with Crippen molar-refractivity contribution >= 4 is 34.3 Å². The highest BCUT2D eigenvalue weighted by Gasteiger charge is 2.53. The monoisotopic (exact) mass is 655 g/mol. The molecule has 2 aromatic carbocycles. The van der Waals surface area contributed by atoms with E-state index in [1.54, 1.807) is 6.07 Å². The van der Waals surface area contributed by atoms with Crippen molar-refractivity contribution < 1.29 is 37.3 Å². The molecule has 2 amide bonds. The summed E-state index contributed by atoms with van der Waals surface area (Å²) in [4.78, 5) is 30.4. The second-order valence-corrected chi connectivity index (χ2v) is 12.8. The molecule has 1 unspecified atom stereocenters. The van der Waals surface area contributed by atoms with E-state index in [0.29, 0.717) is 35.5 Å². The quantitative estimate of drug-likeness (QED) is 0.223. The Labute approximate surface area is 265 Å². The first-order chi connectivity index (χ1) is 21.9. The number of benzene rings is 2. The van der Waals surface area contributed by atoms with Crippen molar-refractivity contribution in [1.29, 1.82) is 0 Å². The van der Waals surface area contributed by atoms with Crippen LogP contribution in [0.1, 0.15) is 60.3 Å². The van der Waals surface area contributed by atoms with E-state index in [0.717, 1.165) is 25.0 Å². The number of pyridine rings is 1. The Kier molecular flexibility index (Phi) is 6.98. The number of aromatic nitrogens is 3. The van der Waals surface area contributed by atoms with Crippen LogP contribution in [0.3, 0.4) is 0 Å². The summed E-state index contributed by atoms with van der Waals surface area (Å²) in [5, 5.41) is 19.3. The first-order valence-electron chi connectivity index (χ1n) is 14.8. The zero-order valence-electron chi connectivity index (χ0n) is 24.8. The molecule has 4 N–H and O–H groups in total. The van der Waals surface area contributed by atoms with Gasteiger partial charge in [0, 0.05) is 22.7 Å². The van der Waals surface area contributed by atoms with Gasteiger partial charge in [0.15, 0.2) is 17.4 Å². The lowest BCUT2D eigenvalue weighted by Crippen LogP contribution is -2.45. The summed E-state index contributed by atoms with van der Waals surface area (Å²) < 4.78 is 59.0. The van der Waals surface area contributed by atoms with Crippen LogP contribution in [-0.4, -0.2) is 51.9 Å². The highest BCUT2D eigenvalue weighted by Crippen LogP contribution is 2.52. The fourth-order valence-corrected chi connectivity index (χ4v) is 6.24. The van der Waals surface area contributed by atoms with E-state index in [9.17, 15) is 19.1 Å². The number of rotatable bonds is 9. The minimum Gasteiger partial charge on any atom is -0.494 e. The van der Waals surface area contributed by atoms with Crippen molar-refractivity contribution in [2.24, 2.45) is 11.7 Å². The number of methoxy groups -OCH3 is 1. The van der Waals surface area contributed by atoms with Crippen molar-refractivity contribution in [3.63, 3.8) is 0 Å². The molecule has 0 saturated heterocycles. The number of nitrogens with one attached hydrogen (secondary N) is 1. The van der Waals surface area contributed by atoms with E-state index in [4.69, 9.17) is 26.8 Å². The number of halogens is 4. The highest BCUT2D eigenvalue weighted by atomic mass is 35.5. The summed E-state index contributed by atoms with van der Waals surface area (Å²) in [5.74, 6) is -5.24. The molecule has 0 spiro atoms. The normalized spacial score (nSPS) is 20.2. The van der Waals surface area contributed by atoms with Gasteiger partial charge in [0.1, 0.15) is 51.1 Å². The van der Waals surface area contributed by atoms with Crippen molar-refractivity contribution in [2.75, 3.05) is 20.3 Å². The standard InChI is InChI=1S/C32H29ClF3N5O5/c1-31(30(37)43)13-46-27-21(31)24(36)28(39-26(27)18-7-8-19(34)22(33)23(18)35)32(44,16-3-4-16)12-38-29(42)14-9-15-11-41(17-5-6-17)40-25(15)20(10-14)45-2/h7-11,16-17,44H,3-6,12-13H2,1-2H3,(H2,37,43)(H,38,42)/t31-,32?/m0/s1. The van der Waals surface area contributed by atoms with Crippen LogP contribution in [-0.2, 0) is 15.8 Å². The lowest BCUT2D eigenvalue weighted by atomic mass is 9.80.